The number of rotatable bonds is 37. The summed E-state index contributed by atoms with van der Waals surface area (Å²) in [6.07, 6.45) is 13.6. The first-order chi connectivity index (χ1) is 56.8. The number of hydrogen-bond acceptors (Lipinski definition) is 48. The minimum Gasteiger partial charge on any atom is -0.368 e. The molecule has 8 heterocycles. The SMILES string of the molecule is CCCCCN(C)c1nc(NC)nc(NC)n1.CCCCCNc1nc(N)nc(N(C)C)n1.CCCCN(C)c1nc(N)nc(N(C)C)n1.CCCCNc1nc(N)nc(N(C)C)n1.CCCN(C)c1nc(N)nc(N(C)C)n1.CCCNc1nc(N)nc(N(C)C)n1.CCN(C)c1nc(N)nc(N(C)C)n1.CCNc1nc(N)nc(N(C)C)n1. The van der Waals surface area contributed by atoms with Crippen LogP contribution in [0.15, 0.2) is 0 Å². The number of unbranched alkanes of at least 4 members (excludes halogenated alkanes) is 6. The van der Waals surface area contributed by atoms with Crippen molar-refractivity contribution in [3.05, 3.63) is 0 Å². The molecule has 0 spiro atoms. The van der Waals surface area contributed by atoms with Gasteiger partial charge in [-0.2, -0.15) is 120 Å². The van der Waals surface area contributed by atoms with E-state index in [-0.39, 0.29) is 41.6 Å². The van der Waals surface area contributed by atoms with E-state index in [1.165, 1.54) is 25.7 Å². The van der Waals surface area contributed by atoms with Crippen LogP contribution in [0.4, 0.5) is 143 Å². The van der Waals surface area contributed by atoms with E-state index in [1.54, 1.807) is 43.5 Å². The van der Waals surface area contributed by atoms with Crippen molar-refractivity contribution in [2.45, 2.75) is 132 Å². The lowest BCUT2D eigenvalue weighted by molar-refractivity contribution is 0.695. The summed E-state index contributed by atoms with van der Waals surface area (Å²) >= 11 is 0. The molecule has 0 atom stereocenters. The molecule has 0 saturated heterocycles. The number of nitrogens with zero attached hydrogens (tertiary/aromatic N) is 35. The van der Waals surface area contributed by atoms with Gasteiger partial charge in [-0.15, -0.1) is 0 Å². The predicted molar refractivity (Wildman–Crippen MR) is 497 cm³/mol. The zero-order valence-corrected chi connectivity index (χ0v) is 76.8. The van der Waals surface area contributed by atoms with Crippen LogP contribution < -0.4 is 126 Å². The van der Waals surface area contributed by atoms with Crippen molar-refractivity contribution in [3.8, 4) is 0 Å². The van der Waals surface area contributed by atoms with Crippen molar-refractivity contribution in [2.24, 2.45) is 0 Å². The Labute approximate surface area is 711 Å². The number of nitrogens with one attached hydrogen (secondary N) is 6. The maximum absolute atomic E-state index is 5.65. The van der Waals surface area contributed by atoms with Gasteiger partial charge in [0.1, 0.15) is 0 Å². The number of aromatic nitrogens is 24. The lowest BCUT2D eigenvalue weighted by Gasteiger charge is -2.18. The Morgan fingerprint density at radius 1 is 0.208 bits per heavy atom. The van der Waals surface area contributed by atoms with Crippen LogP contribution in [0.25, 0.3) is 0 Å². The third-order valence-electron chi connectivity index (χ3n) is 15.4. The van der Waals surface area contributed by atoms with Gasteiger partial charge in [0.2, 0.25) is 143 Å². The van der Waals surface area contributed by atoms with E-state index in [2.05, 4.69) is 198 Å². The Morgan fingerprint density at radius 2 is 0.458 bits per heavy atom. The highest BCUT2D eigenvalue weighted by Gasteiger charge is 2.15. The van der Waals surface area contributed by atoms with E-state index in [0.29, 0.717) is 101 Å². The Hall–Kier alpha value is -12.7. The number of anilines is 24. The first-order valence-corrected chi connectivity index (χ1v) is 40.1. The molecule has 0 unspecified atom stereocenters. The van der Waals surface area contributed by atoms with Gasteiger partial charge in [-0.3, -0.25) is 0 Å². The van der Waals surface area contributed by atoms with Crippen molar-refractivity contribution >= 4 is 143 Å². The molecule has 120 heavy (non-hydrogen) atoms. The summed E-state index contributed by atoms with van der Waals surface area (Å²) in [5, 5.41) is 18.2. The van der Waals surface area contributed by atoms with Crippen molar-refractivity contribution < 1.29 is 0 Å². The van der Waals surface area contributed by atoms with E-state index in [4.69, 9.17) is 40.1 Å². The van der Waals surface area contributed by atoms with Crippen molar-refractivity contribution in [3.63, 3.8) is 0 Å². The highest BCUT2D eigenvalue weighted by Crippen LogP contribution is 2.19. The molecule has 48 nitrogen and oxygen atoms in total. The zero-order valence-electron chi connectivity index (χ0n) is 76.8. The van der Waals surface area contributed by atoms with Gasteiger partial charge in [-0.05, 0) is 52.4 Å². The second-order valence-electron chi connectivity index (χ2n) is 27.9. The largest absolute Gasteiger partial charge is 0.368 e. The molecule has 20 N–H and O–H groups in total. The molecule has 0 aliphatic heterocycles. The van der Waals surface area contributed by atoms with Crippen molar-refractivity contribution in [1.82, 2.24) is 120 Å². The van der Waals surface area contributed by atoms with E-state index in [9.17, 15) is 0 Å². The molecular formula is C72H144N48. The summed E-state index contributed by atoms with van der Waals surface area (Å²) in [6.45, 7) is 23.7. The van der Waals surface area contributed by atoms with Crippen LogP contribution in [0.5, 0.6) is 0 Å². The summed E-state index contributed by atoms with van der Waals surface area (Å²) < 4.78 is 0. The van der Waals surface area contributed by atoms with Gasteiger partial charge in [0, 0.05) is 193 Å². The standard InChI is InChI=1S/C11H22N6.2C10H20N6.2C9H18N6.2C8H16N6.C7H14N6/c1-5-6-7-8-17(4)11-15-9(12-2)14-10(13-3)16-11;1-5-6-7-16(4)10-13-8(11)12-9(14-10)15(2)3;1-4-5-6-7-12-9-13-8(11)14-10(15-9)16(2)3;1-5-6-15(4)9-12-7(10)11-8(13-9)14(2)3;1-4-5-6-11-8-12-7(10)13-9(14-8)15(2)3;1-5-14(4)8-11-6(9)10-7(12-8)13(2)3;1-4-5-10-7-11-6(9)12-8(13-7)14(2)3;1-4-9-6-10-5(8)11-7(12-6)13(2)3/h5-8H2,1-4H3,(H2,12,13,14,15,16);5-7H2,1-4H3,(H2,11,12,13,14);4-7H2,1-3H3,(H3,11,12,13,14,15);5-6H2,1-4H3,(H2,10,11,12,13);4-6H2,1-3H3,(H3,10,11,12,13,14);5H2,1-4H3,(H2,9,10,11,12);4-5H2,1-3H3,(H3,9,10,11,12,13);4H2,1-3H3,(H3,8,9,10,11,12). The fourth-order valence-electron chi connectivity index (χ4n) is 8.74. The molecule has 672 valence electrons. The molecule has 8 aromatic heterocycles. The second-order valence-corrected chi connectivity index (χ2v) is 27.9. The third-order valence-corrected chi connectivity index (χ3v) is 15.4. The van der Waals surface area contributed by atoms with Crippen LogP contribution in [-0.4, -0.2) is 313 Å². The minimum atomic E-state index is 0.231. The van der Waals surface area contributed by atoms with Crippen LogP contribution >= 0.6 is 0 Å². The highest BCUT2D eigenvalue weighted by molar-refractivity contribution is 5.48. The molecule has 8 rings (SSSR count). The third kappa shape index (κ3) is 42.9. The molecule has 0 aliphatic rings. The predicted octanol–water partition coefficient (Wildman–Crippen LogP) is 4.83. The Morgan fingerprint density at radius 3 is 0.750 bits per heavy atom. The highest BCUT2D eigenvalue weighted by atomic mass is 15.4. The zero-order chi connectivity index (χ0) is 90.6. The Kier molecular flexibility index (Phi) is 51.1. The Balaban J connectivity index is 0.000000686. The fourth-order valence-corrected chi connectivity index (χ4v) is 8.74. The van der Waals surface area contributed by atoms with Crippen molar-refractivity contribution in [1.29, 1.82) is 0 Å². The molecule has 0 aromatic carbocycles. The Bertz CT molecular complexity index is 4050. The number of hydrogen-bond donors (Lipinski definition) is 13. The molecule has 0 aliphatic carbocycles. The quantitative estimate of drug-likeness (QED) is 0.0232. The molecular weight excluding hydrogens is 1540 g/mol. The topological polar surface area (TPSA) is 599 Å². The van der Waals surface area contributed by atoms with Crippen LogP contribution in [-0.2, 0) is 0 Å². The smallest absolute Gasteiger partial charge is 0.231 e. The first kappa shape index (κ1) is 105. The normalized spacial score (nSPS) is 10.1. The van der Waals surface area contributed by atoms with Crippen molar-refractivity contribution in [2.75, 3.05) is 319 Å². The average Bonchev–Trinajstić information content (AvgIpc) is 0.846. The molecule has 0 fully saturated rings. The summed E-state index contributed by atoms with van der Waals surface area (Å²) in [5.74, 6) is 11.6. The van der Waals surface area contributed by atoms with Crippen LogP contribution in [0.2, 0.25) is 0 Å². The maximum atomic E-state index is 5.65. The molecule has 0 saturated carbocycles. The van der Waals surface area contributed by atoms with E-state index >= 15 is 0 Å². The van der Waals surface area contributed by atoms with Crippen LogP contribution in [0.3, 0.4) is 0 Å². The molecule has 0 bridgehead atoms. The first-order valence-electron chi connectivity index (χ1n) is 40.1. The van der Waals surface area contributed by atoms with E-state index < -0.39 is 0 Å². The number of nitrogens with two attached hydrogens (primary N) is 7. The average molecular weight is 1680 g/mol. The van der Waals surface area contributed by atoms with Gasteiger partial charge in [0.25, 0.3) is 0 Å². The van der Waals surface area contributed by atoms with Gasteiger partial charge < -0.3 is 126 Å². The lowest BCUT2D eigenvalue weighted by Crippen LogP contribution is -2.23. The van der Waals surface area contributed by atoms with Crippen LogP contribution in [0.1, 0.15) is 132 Å². The van der Waals surface area contributed by atoms with Gasteiger partial charge in [0.05, 0.1) is 0 Å². The van der Waals surface area contributed by atoms with Gasteiger partial charge in [0.15, 0.2) is 0 Å². The summed E-state index contributed by atoms with van der Waals surface area (Å²) in [5.41, 5.74) is 39.0. The molecule has 8 aromatic rings. The number of nitrogen functional groups attached to an aromatic ring is 7. The molecule has 0 amide bonds. The summed E-state index contributed by atoms with van der Waals surface area (Å²) in [7, 11) is 37.6. The second kappa shape index (κ2) is 58.2. The monoisotopic (exact) mass is 1680 g/mol. The maximum Gasteiger partial charge on any atom is 0.231 e. The van der Waals surface area contributed by atoms with Crippen LogP contribution in [0, 0.1) is 0 Å². The van der Waals surface area contributed by atoms with Gasteiger partial charge in [-0.25, -0.2) is 0 Å². The minimum absolute atomic E-state index is 0.231. The lowest BCUT2D eigenvalue weighted by atomic mass is 10.2. The fraction of sp³-hybridized carbons (Fsp3) is 0.667. The summed E-state index contributed by atoms with van der Waals surface area (Å²) in [4.78, 5) is 119. The molecule has 48 heteroatoms. The molecule has 0 radical (unpaired) electrons. The van der Waals surface area contributed by atoms with Gasteiger partial charge >= 0.3 is 0 Å². The van der Waals surface area contributed by atoms with E-state index in [1.807, 2.05) is 160 Å². The van der Waals surface area contributed by atoms with Gasteiger partial charge in [-0.1, -0.05) is 80.1 Å². The summed E-state index contributed by atoms with van der Waals surface area (Å²) in [6, 6.07) is 0. The van der Waals surface area contributed by atoms with E-state index in [0.717, 1.165) is 104 Å².